The molecule has 1 aliphatic rings. The van der Waals surface area contributed by atoms with Gasteiger partial charge in [-0.15, -0.1) is 0 Å². The maximum atomic E-state index is 13.6. The standard InChI is InChI=1S/C12H17FN2O/c13-11-7-9(8-16)1-2-12(11)15-10-3-5-14-6-4-10/h1-2,7,10,14-16H,3-6,8H2. The van der Waals surface area contributed by atoms with Gasteiger partial charge < -0.3 is 15.7 Å². The second-order valence-electron chi connectivity index (χ2n) is 4.14. The summed E-state index contributed by atoms with van der Waals surface area (Å²) in [5.41, 5.74) is 1.14. The molecule has 0 amide bonds. The molecule has 4 heteroatoms. The number of anilines is 1. The number of rotatable bonds is 3. The Labute approximate surface area is 94.7 Å². The second kappa shape index (κ2) is 5.27. The number of hydrogen-bond acceptors (Lipinski definition) is 3. The Morgan fingerprint density at radius 3 is 2.75 bits per heavy atom. The topological polar surface area (TPSA) is 44.3 Å². The van der Waals surface area contributed by atoms with Crippen LogP contribution in [-0.4, -0.2) is 24.2 Å². The van der Waals surface area contributed by atoms with Gasteiger partial charge in [-0.1, -0.05) is 6.07 Å². The van der Waals surface area contributed by atoms with E-state index >= 15 is 0 Å². The van der Waals surface area contributed by atoms with Crippen LogP contribution in [0, 0.1) is 5.82 Å². The smallest absolute Gasteiger partial charge is 0.146 e. The molecule has 1 aromatic rings. The summed E-state index contributed by atoms with van der Waals surface area (Å²) in [5, 5.41) is 15.3. The van der Waals surface area contributed by atoms with Crippen LogP contribution in [0.5, 0.6) is 0 Å². The third-order valence-corrected chi connectivity index (χ3v) is 2.91. The van der Waals surface area contributed by atoms with Gasteiger partial charge in [0.25, 0.3) is 0 Å². The molecule has 0 spiro atoms. The van der Waals surface area contributed by atoms with Crippen LogP contribution in [0.3, 0.4) is 0 Å². The summed E-state index contributed by atoms with van der Waals surface area (Å²) in [6.07, 6.45) is 2.03. The molecule has 1 aromatic carbocycles. The average Bonchev–Trinajstić information content (AvgIpc) is 2.33. The summed E-state index contributed by atoms with van der Waals surface area (Å²) >= 11 is 0. The van der Waals surface area contributed by atoms with E-state index in [2.05, 4.69) is 10.6 Å². The third kappa shape index (κ3) is 2.71. The second-order valence-corrected chi connectivity index (χ2v) is 4.14. The Morgan fingerprint density at radius 2 is 2.12 bits per heavy atom. The first kappa shape index (κ1) is 11.4. The largest absolute Gasteiger partial charge is 0.392 e. The molecule has 0 bridgehead atoms. The highest BCUT2D eigenvalue weighted by molar-refractivity contribution is 5.47. The van der Waals surface area contributed by atoms with Gasteiger partial charge in [-0.2, -0.15) is 0 Å². The lowest BCUT2D eigenvalue weighted by molar-refractivity contribution is 0.281. The van der Waals surface area contributed by atoms with Gasteiger partial charge in [0.15, 0.2) is 0 Å². The molecule has 0 aliphatic carbocycles. The Bertz CT molecular complexity index is 351. The number of piperidine rings is 1. The van der Waals surface area contributed by atoms with Crippen molar-refractivity contribution in [3.63, 3.8) is 0 Å². The van der Waals surface area contributed by atoms with Crippen molar-refractivity contribution in [2.75, 3.05) is 18.4 Å². The van der Waals surface area contributed by atoms with Crippen LogP contribution >= 0.6 is 0 Å². The van der Waals surface area contributed by atoms with Crippen LogP contribution in [0.25, 0.3) is 0 Å². The quantitative estimate of drug-likeness (QED) is 0.728. The van der Waals surface area contributed by atoms with E-state index in [0.29, 0.717) is 17.3 Å². The number of aliphatic hydroxyl groups excluding tert-OH is 1. The number of benzene rings is 1. The fourth-order valence-corrected chi connectivity index (χ4v) is 1.96. The zero-order valence-corrected chi connectivity index (χ0v) is 9.17. The van der Waals surface area contributed by atoms with Gasteiger partial charge in [-0.25, -0.2) is 4.39 Å². The Balaban J connectivity index is 2.03. The zero-order chi connectivity index (χ0) is 11.4. The van der Waals surface area contributed by atoms with Crippen molar-refractivity contribution in [1.29, 1.82) is 0 Å². The number of hydrogen-bond donors (Lipinski definition) is 3. The molecule has 0 atom stereocenters. The molecule has 0 aromatic heterocycles. The van der Waals surface area contributed by atoms with E-state index in [1.807, 2.05) is 0 Å². The molecular formula is C12H17FN2O. The highest BCUT2D eigenvalue weighted by Gasteiger charge is 2.14. The summed E-state index contributed by atoms with van der Waals surface area (Å²) in [6, 6.07) is 5.16. The minimum Gasteiger partial charge on any atom is -0.392 e. The van der Waals surface area contributed by atoms with E-state index in [-0.39, 0.29) is 12.4 Å². The summed E-state index contributed by atoms with van der Waals surface area (Å²) in [6.45, 7) is 1.84. The van der Waals surface area contributed by atoms with E-state index in [4.69, 9.17) is 5.11 Å². The molecule has 0 radical (unpaired) electrons. The fraction of sp³-hybridized carbons (Fsp3) is 0.500. The first-order valence-corrected chi connectivity index (χ1v) is 5.66. The van der Waals surface area contributed by atoms with E-state index < -0.39 is 0 Å². The lowest BCUT2D eigenvalue weighted by Crippen LogP contribution is -2.35. The minimum atomic E-state index is -0.287. The highest BCUT2D eigenvalue weighted by Crippen LogP contribution is 2.19. The molecule has 3 N–H and O–H groups in total. The van der Waals surface area contributed by atoms with E-state index in [1.54, 1.807) is 12.1 Å². The minimum absolute atomic E-state index is 0.120. The van der Waals surface area contributed by atoms with Crippen molar-refractivity contribution < 1.29 is 9.50 Å². The first-order valence-electron chi connectivity index (χ1n) is 5.66. The Kier molecular flexibility index (Phi) is 3.74. The van der Waals surface area contributed by atoms with Crippen molar-refractivity contribution in [1.82, 2.24) is 5.32 Å². The lowest BCUT2D eigenvalue weighted by atomic mass is 10.1. The molecule has 0 unspecified atom stereocenters. The molecule has 1 heterocycles. The number of halogens is 1. The van der Waals surface area contributed by atoms with E-state index in [1.165, 1.54) is 6.07 Å². The number of nitrogens with one attached hydrogen (secondary N) is 2. The summed E-state index contributed by atoms with van der Waals surface area (Å²) in [7, 11) is 0. The first-order chi connectivity index (χ1) is 7.79. The molecule has 0 saturated carbocycles. The molecule has 88 valence electrons. The van der Waals surface area contributed by atoms with Gasteiger partial charge in [0.2, 0.25) is 0 Å². The van der Waals surface area contributed by atoms with Crippen LogP contribution in [0.2, 0.25) is 0 Å². The van der Waals surface area contributed by atoms with Gasteiger partial charge in [0.05, 0.1) is 12.3 Å². The third-order valence-electron chi connectivity index (χ3n) is 2.91. The van der Waals surface area contributed by atoms with E-state index in [9.17, 15) is 4.39 Å². The fourth-order valence-electron chi connectivity index (χ4n) is 1.96. The van der Waals surface area contributed by atoms with E-state index in [0.717, 1.165) is 25.9 Å². The summed E-state index contributed by atoms with van der Waals surface area (Å²) in [4.78, 5) is 0. The van der Waals surface area contributed by atoms with Crippen LogP contribution in [-0.2, 0) is 6.61 Å². The molecule has 1 saturated heterocycles. The van der Waals surface area contributed by atoms with Gasteiger partial charge in [-0.05, 0) is 43.6 Å². The van der Waals surface area contributed by atoms with Crippen LogP contribution < -0.4 is 10.6 Å². The number of aliphatic hydroxyl groups is 1. The van der Waals surface area contributed by atoms with Crippen molar-refractivity contribution in [2.45, 2.75) is 25.5 Å². The summed E-state index contributed by atoms with van der Waals surface area (Å²) < 4.78 is 13.6. The van der Waals surface area contributed by atoms with Crippen LogP contribution in [0.1, 0.15) is 18.4 Å². The van der Waals surface area contributed by atoms with Gasteiger partial charge >= 0.3 is 0 Å². The normalized spacial score (nSPS) is 17.4. The SMILES string of the molecule is OCc1ccc(NC2CCNCC2)c(F)c1. The monoisotopic (exact) mass is 224 g/mol. The van der Waals surface area contributed by atoms with Gasteiger partial charge in [0.1, 0.15) is 5.82 Å². The van der Waals surface area contributed by atoms with Crippen LogP contribution in [0.4, 0.5) is 10.1 Å². The predicted molar refractivity (Wildman–Crippen MR) is 61.8 cm³/mol. The van der Waals surface area contributed by atoms with Gasteiger partial charge in [-0.3, -0.25) is 0 Å². The van der Waals surface area contributed by atoms with Crippen molar-refractivity contribution in [2.24, 2.45) is 0 Å². The Hall–Kier alpha value is -1.13. The lowest BCUT2D eigenvalue weighted by Gasteiger charge is -2.25. The highest BCUT2D eigenvalue weighted by atomic mass is 19.1. The molecule has 1 fully saturated rings. The average molecular weight is 224 g/mol. The maximum absolute atomic E-state index is 13.6. The molecule has 16 heavy (non-hydrogen) atoms. The molecule has 1 aliphatic heterocycles. The van der Waals surface area contributed by atoms with Crippen LogP contribution in [0.15, 0.2) is 18.2 Å². The van der Waals surface area contributed by atoms with Crippen molar-refractivity contribution >= 4 is 5.69 Å². The van der Waals surface area contributed by atoms with Crippen molar-refractivity contribution in [3.05, 3.63) is 29.6 Å². The Morgan fingerprint density at radius 1 is 1.38 bits per heavy atom. The molecular weight excluding hydrogens is 207 g/mol. The summed E-state index contributed by atoms with van der Waals surface area (Å²) in [5.74, 6) is -0.287. The maximum Gasteiger partial charge on any atom is 0.146 e. The molecule has 3 nitrogen and oxygen atoms in total. The van der Waals surface area contributed by atoms with Gasteiger partial charge in [0, 0.05) is 6.04 Å². The van der Waals surface area contributed by atoms with Crippen molar-refractivity contribution in [3.8, 4) is 0 Å². The zero-order valence-electron chi connectivity index (χ0n) is 9.17. The predicted octanol–water partition coefficient (Wildman–Crippen LogP) is 1.48. The molecule has 2 rings (SSSR count).